The Labute approximate surface area is 165 Å². The fourth-order valence-electron chi connectivity index (χ4n) is 2.39. The van der Waals surface area contributed by atoms with Gasteiger partial charge in [-0.3, -0.25) is 14.5 Å². The molecule has 28 heavy (non-hydrogen) atoms. The van der Waals surface area contributed by atoms with Crippen LogP contribution in [0.1, 0.15) is 11.3 Å². The van der Waals surface area contributed by atoms with Crippen molar-refractivity contribution < 1.29 is 17.7 Å². The summed E-state index contributed by atoms with van der Waals surface area (Å²) in [5, 5.41) is 14.8. The third-order valence-corrected chi connectivity index (χ3v) is 5.64. The molecule has 3 aromatic rings. The molecule has 0 spiro atoms. The number of pyridine rings is 1. The van der Waals surface area contributed by atoms with Crippen molar-refractivity contribution >= 4 is 40.0 Å². The minimum atomic E-state index is -4.11. The number of nitrogens with zero attached hydrogens (tertiary/aromatic N) is 5. The monoisotopic (exact) mass is 427 g/mol. The van der Waals surface area contributed by atoms with Crippen LogP contribution in [0.5, 0.6) is 0 Å². The first-order chi connectivity index (χ1) is 12.7. The highest BCUT2D eigenvalue weighted by Gasteiger charge is 2.24. The summed E-state index contributed by atoms with van der Waals surface area (Å²) in [5.74, 6) is -0.483. The Hall–Kier alpha value is -3.05. The molecule has 0 aliphatic rings. The molecule has 0 saturated carbocycles. The molecule has 0 aliphatic heterocycles. The maximum Gasteiger partial charge on any atom is 0.279 e. The predicted molar refractivity (Wildman–Crippen MR) is 103 cm³/mol. The van der Waals surface area contributed by atoms with Gasteiger partial charge in [0.05, 0.1) is 27.9 Å². The Balaban J connectivity index is 0.00000280. The van der Waals surface area contributed by atoms with Gasteiger partial charge in [-0.25, -0.2) is 9.37 Å². The normalized spacial score (nSPS) is 11.5. The van der Waals surface area contributed by atoms with Crippen molar-refractivity contribution in [3.8, 4) is 0 Å². The van der Waals surface area contributed by atoms with E-state index in [1.165, 1.54) is 61.2 Å². The number of benzene rings is 1. The van der Waals surface area contributed by atoms with E-state index < -0.39 is 20.8 Å². The second kappa shape index (κ2) is 7.90. The minimum Gasteiger partial charge on any atom is -0.296 e. The Morgan fingerprint density at radius 2 is 2.04 bits per heavy atom. The minimum absolute atomic E-state index is 0. The van der Waals surface area contributed by atoms with E-state index in [9.17, 15) is 22.9 Å². The van der Waals surface area contributed by atoms with Crippen LogP contribution in [-0.2, 0) is 10.0 Å². The molecule has 3 rings (SSSR count). The van der Waals surface area contributed by atoms with Gasteiger partial charge < -0.3 is 0 Å². The van der Waals surface area contributed by atoms with E-state index in [2.05, 4.69) is 10.1 Å². The zero-order valence-electron chi connectivity index (χ0n) is 14.7. The Bertz CT molecular complexity index is 1180. The summed E-state index contributed by atoms with van der Waals surface area (Å²) in [5.41, 5.74) is 0.841. The van der Waals surface area contributed by atoms with Crippen LogP contribution in [0.15, 0.2) is 52.7 Å². The Morgan fingerprint density at radius 1 is 1.32 bits per heavy atom. The van der Waals surface area contributed by atoms with Crippen LogP contribution in [0, 0.1) is 22.9 Å². The summed E-state index contributed by atoms with van der Waals surface area (Å²) in [4.78, 5) is 14.1. The van der Waals surface area contributed by atoms with Crippen LogP contribution >= 0.6 is 12.4 Å². The molecule has 1 aromatic carbocycles. The highest BCUT2D eigenvalue weighted by Crippen LogP contribution is 2.24. The number of sulfonamides is 1. The van der Waals surface area contributed by atoms with Crippen molar-refractivity contribution in [2.75, 3.05) is 7.05 Å². The van der Waals surface area contributed by atoms with Gasteiger partial charge in [-0.15, -0.1) is 12.4 Å². The van der Waals surface area contributed by atoms with E-state index in [1.807, 2.05) is 0 Å². The SMILES string of the molecule is Cc1ccc([N+](=O)[O-])cc1S(=O)(=O)N(C)/N=C/c1cnc2ccc(F)cn12.Cl. The summed E-state index contributed by atoms with van der Waals surface area (Å²) >= 11 is 0. The number of nitro benzene ring substituents is 1. The number of imidazole rings is 1. The predicted octanol–water partition coefficient (Wildman–Crippen LogP) is 2.77. The van der Waals surface area contributed by atoms with Gasteiger partial charge in [-0.05, 0) is 24.6 Å². The van der Waals surface area contributed by atoms with E-state index >= 15 is 0 Å². The molecule has 0 N–H and O–H groups in total. The lowest BCUT2D eigenvalue weighted by Crippen LogP contribution is -2.23. The molecule has 0 fully saturated rings. The van der Waals surface area contributed by atoms with Crippen molar-refractivity contribution in [1.82, 2.24) is 13.8 Å². The van der Waals surface area contributed by atoms with Gasteiger partial charge in [0.25, 0.3) is 15.7 Å². The fourth-order valence-corrected chi connectivity index (χ4v) is 3.59. The first kappa shape index (κ1) is 21.3. The van der Waals surface area contributed by atoms with Crippen molar-refractivity contribution in [2.45, 2.75) is 11.8 Å². The maximum atomic E-state index is 13.4. The number of non-ortho nitro benzene ring substituents is 1. The van der Waals surface area contributed by atoms with Crippen LogP contribution in [0.4, 0.5) is 10.1 Å². The van der Waals surface area contributed by atoms with E-state index in [0.29, 0.717) is 21.3 Å². The van der Waals surface area contributed by atoms with Gasteiger partial charge in [-0.1, -0.05) is 6.07 Å². The Morgan fingerprint density at radius 3 is 2.71 bits per heavy atom. The quantitative estimate of drug-likeness (QED) is 0.353. The van der Waals surface area contributed by atoms with Crippen molar-refractivity contribution in [1.29, 1.82) is 0 Å². The topological polar surface area (TPSA) is 110 Å². The van der Waals surface area contributed by atoms with Crippen LogP contribution in [0.25, 0.3) is 5.65 Å². The number of hydrazone groups is 1. The second-order valence-electron chi connectivity index (χ2n) is 5.65. The first-order valence-electron chi connectivity index (χ1n) is 7.61. The molecule has 0 saturated heterocycles. The van der Waals surface area contributed by atoms with Crippen LogP contribution in [0.3, 0.4) is 0 Å². The summed E-state index contributed by atoms with van der Waals surface area (Å²) in [6.45, 7) is 1.53. The molecule has 2 aromatic heterocycles. The lowest BCUT2D eigenvalue weighted by molar-refractivity contribution is -0.385. The number of aryl methyl sites for hydroxylation is 1. The number of aromatic nitrogens is 2. The number of nitro groups is 1. The molecule has 0 bridgehead atoms. The van der Waals surface area contributed by atoms with Crippen molar-refractivity contribution in [2.24, 2.45) is 5.10 Å². The molecule has 0 aliphatic carbocycles. The van der Waals surface area contributed by atoms with E-state index in [4.69, 9.17) is 0 Å². The lowest BCUT2D eigenvalue weighted by Gasteiger charge is -2.15. The van der Waals surface area contributed by atoms with Crippen molar-refractivity contribution in [3.63, 3.8) is 0 Å². The summed E-state index contributed by atoms with van der Waals surface area (Å²) < 4.78 is 40.9. The molecular weight excluding hydrogens is 413 g/mol. The summed E-state index contributed by atoms with van der Waals surface area (Å²) in [7, 11) is -2.91. The van der Waals surface area contributed by atoms with Gasteiger partial charge in [0, 0.05) is 25.4 Å². The van der Waals surface area contributed by atoms with Gasteiger partial charge in [0.1, 0.15) is 11.5 Å². The number of hydrogen-bond donors (Lipinski definition) is 0. The number of rotatable bonds is 5. The highest BCUT2D eigenvalue weighted by molar-refractivity contribution is 7.89. The standard InChI is InChI=1S/C16H14FN5O4S.ClH/c1-11-3-5-13(22(23)24)7-15(11)27(25,26)20(2)19-9-14-8-18-16-6-4-12(17)10-21(14)16;/h3-10H,1-2H3;1H/b19-9+;. The Kier molecular flexibility index (Phi) is 6.00. The molecule has 0 unspecified atom stereocenters. The lowest BCUT2D eigenvalue weighted by atomic mass is 10.2. The average Bonchev–Trinajstić information content (AvgIpc) is 3.01. The third kappa shape index (κ3) is 3.94. The highest BCUT2D eigenvalue weighted by atomic mass is 35.5. The molecule has 0 radical (unpaired) electrons. The van der Waals surface area contributed by atoms with E-state index in [1.54, 1.807) is 0 Å². The van der Waals surface area contributed by atoms with Gasteiger partial charge >= 0.3 is 0 Å². The molecular formula is C16H15ClFN5O4S. The van der Waals surface area contributed by atoms with Gasteiger partial charge in [-0.2, -0.15) is 17.9 Å². The average molecular weight is 428 g/mol. The maximum absolute atomic E-state index is 13.4. The fraction of sp³-hybridized carbons (Fsp3) is 0.125. The molecule has 2 heterocycles. The van der Waals surface area contributed by atoms with Crippen LogP contribution in [-0.4, -0.2) is 40.4 Å². The van der Waals surface area contributed by atoms with Gasteiger partial charge in [0.2, 0.25) is 0 Å². The zero-order valence-corrected chi connectivity index (χ0v) is 16.3. The van der Waals surface area contributed by atoms with Crippen LogP contribution in [0.2, 0.25) is 0 Å². The number of hydrogen-bond acceptors (Lipinski definition) is 6. The van der Waals surface area contributed by atoms with Crippen LogP contribution < -0.4 is 0 Å². The largest absolute Gasteiger partial charge is 0.296 e. The van der Waals surface area contributed by atoms with E-state index in [0.717, 1.165) is 6.07 Å². The first-order valence-corrected chi connectivity index (χ1v) is 9.05. The smallest absolute Gasteiger partial charge is 0.279 e. The molecule has 148 valence electrons. The van der Waals surface area contributed by atoms with E-state index in [-0.39, 0.29) is 23.0 Å². The number of halogens is 2. The molecule has 12 heteroatoms. The summed E-state index contributed by atoms with van der Waals surface area (Å²) in [6.07, 6.45) is 3.82. The molecule has 9 nitrogen and oxygen atoms in total. The van der Waals surface area contributed by atoms with Crippen molar-refractivity contribution in [3.05, 3.63) is 69.9 Å². The van der Waals surface area contributed by atoms with Gasteiger partial charge in [0.15, 0.2) is 0 Å². The summed E-state index contributed by atoms with van der Waals surface area (Å²) in [6, 6.07) is 6.30. The second-order valence-corrected chi connectivity index (χ2v) is 7.57. The number of fused-ring (bicyclic) bond motifs is 1. The third-order valence-electron chi connectivity index (χ3n) is 3.86. The zero-order chi connectivity index (χ0) is 19.8. The molecule has 0 atom stereocenters. The molecule has 0 amide bonds.